The van der Waals surface area contributed by atoms with Crippen LogP contribution in [0.3, 0.4) is 0 Å². The van der Waals surface area contributed by atoms with Gasteiger partial charge in [0.05, 0.1) is 5.69 Å². The third kappa shape index (κ3) is 2.91. The Morgan fingerprint density at radius 1 is 1.00 bits per heavy atom. The second-order valence-electron chi connectivity index (χ2n) is 8.89. The Kier molecular flexibility index (Phi) is 3.98. The van der Waals surface area contributed by atoms with Crippen molar-refractivity contribution in [1.82, 2.24) is 9.78 Å². The lowest BCUT2D eigenvalue weighted by Gasteiger charge is -2.39. The number of nitrogens with one attached hydrogen (secondary N) is 1. The van der Waals surface area contributed by atoms with Crippen LogP contribution in [0, 0.1) is 12.3 Å². The number of aryl methyl sites for hydroxylation is 1. The van der Waals surface area contributed by atoms with Crippen LogP contribution in [0.15, 0.2) is 71.9 Å². The van der Waals surface area contributed by atoms with Crippen molar-refractivity contribution in [2.45, 2.75) is 39.7 Å². The Labute approximate surface area is 171 Å². The number of nitrogens with zero attached hydrogens (tertiary/aromatic N) is 2. The average Bonchev–Trinajstić information content (AvgIpc) is 3.02. The van der Waals surface area contributed by atoms with Crippen molar-refractivity contribution in [2.24, 2.45) is 5.41 Å². The van der Waals surface area contributed by atoms with E-state index in [1.54, 1.807) is 0 Å². The third-order valence-corrected chi connectivity index (χ3v) is 5.97. The van der Waals surface area contributed by atoms with Gasteiger partial charge in [-0.1, -0.05) is 74.5 Å². The minimum atomic E-state index is -0.192. The summed E-state index contributed by atoms with van der Waals surface area (Å²) in [6, 6.07) is 20.4. The van der Waals surface area contributed by atoms with E-state index in [4.69, 9.17) is 5.10 Å². The fourth-order valence-corrected chi connectivity index (χ4v) is 4.78. The number of rotatable bonds is 2. The highest BCUT2D eigenvalue weighted by Crippen LogP contribution is 2.48. The van der Waals surface area contributed by atoms with Crippen molar-refractivity contribution in [3.63, 3.8) is 0 Å². The zero-order chi connectivity index (χ0) is 20.2. The average molecular weight is 383 g/mol. The molecule has 5 rings (SSSR count). The monoisotopic (exact) mass is 383 g/mol. The molecule has 0 spiro atoms. The molecular weight excluding hydrogens is 358 g/mol. The lowest BCUT2D eigenvalue weighted by molar-refractivity contribution is -0.118. The topological polar surface area (TPSA) is 46.9 Å². The summed E-state index contributed by atoms with van der Waals surface area (Å²) in [5.74, 6) is 1.20. The highest BCUT2D eigenvalue weighted by atomic mass is 16.1. The first-order valence-corrected chi connectivity index (χ1v) is 10.2. The second kappa shape index (κ2) is 6.45. The first-order chi connectivity index (χ1) is 13.9. The summed E-state index contributed by atoms with van der Waals surface area (Å²) in [5, 5.41) is 8.55. The molecule has 4 heteroatoms. The lowest BCUT2D eigenvalue weighted by Crippen LogP contribution is -2.36. The maximum absolute atomic E-state index is 13.3. The van der Waals surface area contributed by atoms with Gasteiger partial charge in [0.1, 0.15) is 11.9 Å². The van der Waals surface area contributed by atoms with E-state index in [2.05, 4.69) is 43.4 Å². The second-order valence-corrected chi connectivity index (χ2v) is 8.89. The SMILES string of the molecule is Cc1nn2c(c1-c1ccccc1)NC1=C(C(=O)CC(C)(C)C1)C2c1ccccc1. The Hall–Kier alpha value is -3.14. The van der Waals surface area contributed by atoms with Crippen molar-refractivity contribution in [1.29, 1.82) is 0 Å². The van der Waals surface area contributed by atoms with Crippen LogP contribution in [0.4, 0.5) is 5.82 Å². The van der Waals surface area contributed by atoms with Gasteiger partial charge < -0.3 is 5.32 Å². The molecule has 1 N–H and O–H groups in total. The van der Waals surface area contributed by atoms with E-state index in [0.29, 0.717) is 6.42 Å². The van der Waals surface area contributed by atoms with E-state index in [9.17, 15) is 4.79 Å². The van der Waals surface area contributed by atoms with Gasteiger partial charge in [-0.05, 0) is 29.9 Å². The Balaban J connectivity index is 1.76. The summed E-state index contributed by atoms with van der Waals surface area (Å²) in [4.78, 5) is 13.3. The molecular formula is C25H25N3O. The maximum atomic E-state index is 13.3. The number of benzene rings is 2. The molecule has 2 heterocycles. The molecule has 0 bridgehead atoms. The van der Waals surface area contributed by atoms with Crippen LogP contribution in [0.5, 0.6) is 0 Å². The van der Waals surface area contributed by atoms with Crippen LogP contribution >= 0.6 is 0 Å². The van der Waals surface area contributed by atoms with Crippen molar-refractivity contribution < 1.29 is 4.79 Å². The summed E-state index contributed by atoms with van der Waals surface area (Å²) < 4.78 is 2.02. The summed E-state index contributed by atoms with van der Waals surface area (Å²) in [5.41, 5.74) is 6.16. The molecule has 0 fully saturated rings. The first kappa shape index (κ1) is 17.9. The minimum Gasteiger partial charge on any atom is -0.343 e. The summed E-state index contributed by atoms with van der Waals surface area (Å²) in [6.45, 7) is 6.38. The van der Waals surface area contributed by atoms with Crippen molar-refractivity contribution >= 4 is 11.6 Å². The number of aromatic nitrogens is 2. The van der Waals surface area contributed by atoms with E-state index in [1.807, 2.05) is 48.0 Å². The molecule has 29 heavy (non-hydrogen) atoms. The fourth-order valence-electron chi connectivity index (χ4n) is 4.78. The van der Waals surface area contributed by atoms with Crippen LogP contribution in [-0.2, 0) is 4.79 Å². The summed E-state index contributed by atoms with van der Waals surface area (Å²) in [6.07, 6.45) is 1.42. The first-order valence-electron chi connectivity index (χ1n) is 10.2. The van der Waals surface area contributed by atoms with Gasteiger partial charge >= 0.3 is 0 Å². The number of allylic oxidation sites excluding steroid dienone is 2. The van der Waals surface area contributed by atoms with Crippen LogP contribution in [0.2, 0.25) is 0 Å². The van der Waals surface area contributed by atoms with E-state index in [0.717, 1.165) is 45.9 Å². The number of anilines is 1. The number of Topliss-reactive ketones (excluding diaryl/α,β-unsaturated/α-hetero) is 1. The summed E-state index contributed by atoms with van der Waals surface area (Å²) in [7, 11) is 0. The van der Waals surface area contributed by atoms with Crippen molar-refractivity contribution in [3.05, 3.63) is 83.2 Å². The number of hydrogen-bond acceptors (Lipinski definition) is 3. The number of carbonyl (C=O) groups excluding carboxylic acids is 1. The molecule has 1 unspecified atom stereocenters. The van der Waals surface area contributed by atoms with Gasteiger partial charge in [0.25, 0.3) is 0 Å². The van der Waals surface area contributed by atoms with Crippen LogP contribution in [0.1, 0.15) is 44.0 Å². The molecule has 0 saturated carbocycles. The molecule has 2 aliphatic rings. The number of carbonyl (C=O) groups is 1. The summed E-state index contributed by atoms with van der Waals surface area (Å²) >= 11 is 0. The molecule has 0 amide bonds. The molecule has 1 aromatic heterocycles. The molecule has 0 radical (unpaired) electrons. The normalized spacial score (nSPS) is 20.1. The predicted molar refractivity (Wildman–Crippen MR) is 116 cm³/mol. The van der Waals surface area contributed by atoms with E-state index >= 15 is 0 Å². The molecule has 4 nitrogen and oxygen atoms in total. The Bertz CT molecular complexity index is 1120. The quantitative estimate of drug-likeness (QED) is 0.634. The minimum absolute atomic E-state index is 0.0473. The smallest absolute Gasteiger partial charge is 0.163 e. The Morgan fingerprint density at radius 2 is 1.66 bits per heavy atom. The number of fused-ring (bicyclic) bond motifs is 1. The van der Waals surface area contributed by atoms with Crippen LogP contribution in [-0.4, -0.2) is 15.6 Å². The molecule has 1 aliphatic heterocycles. The van der Waals surface area contributed by atoms with Crippen molar-refractivity contribution in [2.75, 3.05) is 5.32 Å². The molecule has 1 aliphatic carbocycles. The largest absolute Gasteiger partial charge is 0.343 e. The van der Waals surface area contributed by atoms with E-state index in [1.165, 1.54) is 0 Å². The molecule has 146 valence electrons. The lowest BCUT2D eigenvalue weighted by atomic mass is 9.73. The van der Waals surface area contributed by atoms with Gasteiger partial charge in [-0.15, -0.1) is 0 Å². The van der Waals surface area contributed by atoms with Crippen molar-refractivity contribution in [3.8, 4) is 11.1 Å². The van der Waals surface area contributed by atoms with Gasteiger partial charge in [-0.25, -0.2) is 4.68 Å². The van der Waals surface area contributed by atoms with E-state index in [-0.39, 0.29) is 17.2 Å². The van der Waals surface area contributed by atoms with E-state index < -0.39 is 0 Å². The van der Waals surface area contributed by atoms with Crippen LogP contribution < -0.4 is 5.32 Å². The third-order valence-electron chi connectivity index (χ3n) is 5.97. The highest BCUT2D eigenvalue weighted by molar-refractivity contribution is 6.00. The number of hydrogen-bond donors (Lipinski definition) is 1. The standard InChI is InChI=1S/C25H25N3O/c1-16-21(17-10-6-4-7-11-17)24-26-19-14-25(2,3)15-20(29)22(19)23(28(24)27-16)18-12-8-5-9-13-18/h4-13,23,26H,14-15H2,1-3H3. The zero-order valence-corrected chi connectivity index (χ0v) is 17.1. The van der Waals surface area contributed by atoms with Gasteiger partial charge in [0.15, 0.2) is 5.78 Å². The predicted octanol–water partition coefficient (Wildman–Crippen LogP) is 5.52. The molecule has 3 aromatic rings. The Morgan fingerprint density at radius 3 is 2.34 bits per heavy atom. The molecule has 0 saturated heterocycles. The van der Waals surface area contributed by atoms with Gasteiger partial charge in [0.2, 0.25) is 0 Å². The van der Waals surface area contributed by atoms with Crippen LogP contribution in [0.25, 0.3) is 11.1 Å². The van der Waals surface area contributed by atoms with Gasteiger partial charge in [0, 0.05) is 23.3 Å². The fraction of sp³-hybridized carbons (Fsp3) is 0.280. The molecule has 2 aromatic carbocycles. The maximum Gasteiger partial charge on any atom is 0.163 e. The van der Waals surface area contributed by atoms with Gasteiger partial charge in [-0.3, -0.25) is 4.79 Å². The zero-order valence-electron chi connectivity index (χ0n) is 17.1. The molecule has 1 atom stereocenters. The number of ketones is 1. The highest BCUT2D eigenvalue weighted by Gasteiger charge is 2.42. The van der Waals surface area contributed by atoms with Gasteiger partial charge in [-0.2, -0.15) is 5.10 Å².